The Bertz CT molecular complexity index is 702. The van der Waals surface area contributed by atoms with E-state index < -0.39 is 11.8 Å². The Hall–Kier alpha value is -1.66. The van der Waals surface area contributed by atoms with Crippen molar-refractivity contribution in [2.24, 2.45) is 0 Å². The summed E-state index contributed by atoms with van der Waals surface area (Å²) in [6, 6.07) is 12.4. The molecule has 2 amide bonds. The van der Waals surface area contributed by atoms with Crippen molar-refractivity contribution >= 4 is 55.0 Å². The van der Waals surface area contributed by atoms with Gasteiger partial charge in [-0.3, -0.25) is 9.59 Å². The van der Waals surface area contributed by atoms with E-state index in [1.54, 1.807) is 30.3 Å². The van der Waals surface area contributed by atoms with Gasteiger partial charge in [0.2, 0.25) is 0 Å². The molecule has 0 unspecified atom stereocenters. The predicted octanol–water partition coefficient (Wildman–Crippen LogP) is 4.10. The Kier molecular flexibility index (Phi) is 5.14. The minimum atomic E-state index is -0.713. The fourth-order valence-corrected chi connectivity index (χ4v) is 2.58. The highest BCUT2D eigenvalue weighted by Crippen LogP contribution is 2.20. The molecule has 0 aliphatic heterocycles. The highest BCUT2D eigenvalue weighted by molar-refractivity contribution is 9.10. The molecule has 0 bridgehead atoms. The Morgan fingerprint density at radius 2 is 1.57 bits per heavy atom. The smallest absolute Gasteiger partial charge is 0.314 e. The summed E-state index contributed by atoms with van der Waals surface area (Å²) in [4.78, 5) is 23.8. The molecule has 6 heteroatoms. The predicted molar refractivity (Wildman–Crippen MR) is 90.3 cm³/mol. The van der Waals surface area contributed by atoms with Gasteiger partial charge >= 0.3 is 11.8 Å². The minimum absolute atomic E-state index is 0.553. The van der Waals surface area contributed by atoms with E-state index in [4.69, 9.17) is 0 Å². The number of hydrogen-bond acceptors (Lipinski definition) is 2. The first kappa shape index (κ1) is 15.7. The van der Waals surface area contributed by atoms with Crippen LogP contribution in [0.5, 0.6) is 0 Å². The second-order valence-electron chi connectivity index (χ2n) is 4.38. The van der Waals surface area contributed by atoms with Gasteiger partial charge in [-0.25, -0.2) is 0 Å². The lowest BCUT2D eigenvalue weighted by atomic mass is 10.2. The Balaban J connectivity index is 2.04. The molecule has 0 saturated heterocycles. The third kappa shape index (κ3) is 4.41. The molecule has 2 aromatic carbocycles. The lowest BCUT2D eigenvalue weighted by molar-refractivity contribution is -0.133. The number of amides is 2. The number of hydrogen-bond donors (Lipinski definition) is 2. The summed E-state index contributed by atoms with van der Waals surface area (Å²) in [5.41, 5.74) is 2.03. The lowest BCUT2D eigenvalue weighted by Crippen LogP contribution is -2.29. The summed E-state index contributed by atoms with van der Waals surface area (Å²) < 4.78 is 1.74. The minimum Gasteiger partial charge on any atom is -0.318 e. The van der Waals surface area contributed by atoms with Gasteiger partial charge in [0.15, 0.2) is 0 Å². The third-order valence-electron chi connectivity index (χ3n) is 2.73. The molecule has 108 valence electrons. The second kappa shape index (κ2) is 6.87. The normalized spacial score (nSPS) is 10.0. The van der Waals surface area contributed by atoms with Crippen LogP contribution in [0.25, 0.3) is 0 Å². The number of anilines is 2. The van der Waals surface area contributed by atoms with Gasteiger partial charge in [0.25, 0.3) is 0 Å². The molecule has 0 radical (unpaired) electrons. The van der Waals surface area contributed by atoms with Crippen LogP contribution in [-0.4, -0.2) is 11.8 Å². The largest absolute Gasteiger partial charge is 0.318 e. The van der Waals surface area contributed by atoms with Gasteiger partial charge in [-0.15, -0.1) is 0 Å². The van der Waals surface area contributed by atoms with E-state index in [1.807, 2.05) is 19.1 Å². The third-order valence-corrected chi connectivity index (χ3v) is 3.71. The van der Waals surface area contributed by atoms with Crippen LogP contribution in [0.15, 0.2) is 51.4 Å². The van der Waals surface area contributed by atoms with Gasteiger partial charge in [0.1, 0.15) is 0 Å². The van der Waals surface area contributed by atoms with Crippen LogP contribution in [0.3, 0.4) is 0 Å². The van der Waals surface area contributed by atoms with Crippen molar-refractivity contribution in [3.63, 3.8) is 0 Å². The van der Waals surface area contributed by atoms with Crippen molar-refractivity contribution in [3.05, 3.63) is 57.0 Å². The number of rotatable bonds is 2. The van der Waals surface area contributed by atoms with Gasteiger partial charge in [-0.1, -0.05) is 37.9 Å². The quantitative estimate of drug-likeness (QED) is 0.731. The number of halogens is 2. The van der Waals surface area contributed by atoms with Crippen LogP contribution in [0.2, 0.25) is 0 Å². The van der Waals surface area contributed by atoms with Crippen LogP contribution in [0.1, 0.15) is 5.56 Å². The van der Waals surface area contributed by atoms with E-state index in [0.717, 1.165) is 14.5 Å². The summed E-state index contributed by atoms with van der Waals surface area (Å²) in [5, 5.41) is 5.13. The first-order valence-electron chi connectivity index (χ1n) is 6.10. The highest BCUT2D eigenvalue weighted by Gasteiger charge is 2.15. The van der Waals surface area contributed by atoms with Crippen LogP contribution >= 0.6 is 31.9 Å². The molecule has 0 aliphatic carbocycles. The number of benzene rings is 2. The van der Waals surface area contributed by atoms with E-state index in [1.165, 1.54) is 0 Å². The van der Waals surface area contributed by atoms with Gasteiger partial charge < -0.3 is 10.6 Å². The number of aryl methyl sites for hydroxylation is 1. The molecule has 0 fully saturated rings. The summed E-state index contributed by atoms with van der Waals surface area (Å²) in [6.45, 7) is 1.85. The Morgan fingerprint density at radius 3 is 2.24 bits per heavy atom. The Labute approximate surface area is 139 Å². The Morgan fingerprint density at radius 1 is 0.905 bits per heavy atom. The van der Waals surface area contributed by atoms with E-state index in [9.17, 15) is 9.59 Å². The molecule has 2 aromatic rings. The van der Waals surface area contributed by atoms with Crippen molar-refractivity contribution in [3.8, 4) is 0 Å². The molecule has 0 heterocycles. The molecule has 0 saturated carbocycles. The van der Waals surface area contributed by atoms with Gasteiger partial charge in [-0.05, 0) is 48.9 Å². The van der Waals surface area contributed by atoms with Gasteiger partial charge in [-0.2, -0.15) is 0 Å². The molecule has 2 N–H and O–H groups in total. The fourth-order valence-electron chi connectivity index (χ4n) is 1.70. The SMILES string of the molecule is Cc1cc(Br)ccc1NC(=O)C(=O)Nc1cccc(Br)c1. The van der Waals surface area contributed by atoms with Gasteiger partial charge in [0, 0.05) is 20.3 Å². The maximum absolute atomic E-state index is 11.9. The number of carbonyl (C=O) groups excluding carboxylic acids is 2. The molecule has 4 nitrogen and oxygen atoms in total. The zero-order valence-electron chi connectivity index (χ0n) is 11.1. The van der Waals surface area contributed by atoms with Crippen LogP contribution in [0.4, 0.5) is 11.4 Å². The van der Waals surface area contributed by atoms with Crippen molar-refractivity contribution in [2.75, 3.05) is 10.6 Å². The maximum Gasteiger partial charge on any atom is 0.314 e. The molecule has 21 heavy (non-hydrogen) atoms. The molecule has 0 spiro atoms. The van der Waals surface area contributed by atoms with Crippen molar-refractivity contribution in [1.82, 2.24) is 0 Å². The molecule has 0 aromatic heterocycles. The first-order valence-corrected chi connectivity index (χ1v) is 7.68. The summed E-state index contributed by atoms with van der Waals surface area (Å²) >= 11 is 6.65. The second-order valence-corrected chi connectivity index (χ2v) is 6.21. The maximum atomic E-state index is 11.9. The van der Waals surface area contributed by atoms with E-state index in [0.29, 0.717) is 11.4 Å². The summed E-state index contributed by atoms with van der Waals surface area (Å²) in [7, 11) is 0. The van der Waals surface area contributed by atoms with Crippen molar-refractivity contribution < 1.29 is 9.59 Å². The summed E-state index contributed by atoms with van der Waals surface area (Å²) in [6.07, 6.45) is 0. The van der Waals surface area contributed by atoms with Crippen molar-refractivity contribution in [1.29, 1.82) is 0 Å². The van der Waals surface area contributed by atoms with Crippen LogP contribution in [0, 0.1) is 6.92 Å². The molecular formula is C15H12Br2N2O2. The fraction of sp³-hybridized carbons (Fsp3) is 0.0667. The molecule has 0 atom stereocenters. The van der Waals surface area contributed by atoms with E-state index >= 15 is 0 Å². The number of nitrogens with one attached hydrogen (secondary N) is 2. The highest BCUT2D eigenvalue weighted by atomic mass is 79.9. The summed E-state index contributed by atoms with van der Waals surface area (Å²) in [5.74, 6) is -1.42. The number of carbonyl (C=O) groups is 2. The zero-order valence-corrected chi connectivity index (χ0v) is 14.3. The monoisotopic (exact) mass is 410 g/mol. The molecular weight excluding hydrogens is 400 g/mol. The molecule has 0 aliphatic rings. The standard InChI is InChI=1S/C15H12Br2N2O2/c1-9-7-11(17)5-6-13(9)19-15(21)14(20)18-12-4-2-3-10(16)8-12/h2-8H,1H3,(H,18,20)(H,19,21). The average Bonchev–Trinajstić information content (AvgIpc) is 2.41. The lowest BCUT2D eigenvalue weighted by Gasteiger charge is -2.09. The van der Waals surface area contributed by atoms with E-state index in [-0.39, 0.29) is 0 Å². The zero-order chi connectivity index (χ0) is 15.4. The van der Waals surface area contributed by atoms with Crippen LogP contribution in [-0.2, 0) is 9.59 Å². The first-order chi connectivity index (χ1) is 9.95. The van der Waals surface area contributed by atoms with Gasteiger partial charge in [0.05, 0.1) is 0 Å². The van der Waals surface area contributed by atoms with Crippen LogP contribution < -0.4 is 10.6 Å². The average molecular weight is 412 g/mol. The van der Waals surface area contributed by atoms with Crippen molar-refractivity contribution in [2.45, 2.75) is 6.92 Å². The topological polar surface area (TPSA) is 58.2 Å². The molecule has 2 rings (SSSR count). The van der Waals surface area contributed by atoms with E-state index in [2.05, 4.69) is 42.5 Å².